The highest BCUT2D eigenvalue weighted by molar-refractivity contribution is 5.42. The van der Waals surface area contributed by atoms with Crippen molar-refractivity contribution >= 4 is 0 Å². The molecule has 0 aliphatic carbocycles. The van der Waals surface area contributed by atoms with E-state index in [1.54, 1.807) is 0 Å². The van der Waals surface area contributed by atoms with E-state index < -0.39 is 5.41 Å². The van der Waals surface area contributed by atoms with E-state index in [1.165, 1.54) is 5.56 Å². The molecule has 0 saturated carbocycles. The number of benzene rings is 3. The minimum absolute atomic E-state index is 0.0793. The lowest BCUT2D eigenvalue weighted by Gasteiger charge is -2.33. The van der Waals surface area contributed by atoms with E-state index in [2.05, 4.69) is 36.4 Å². The molecule has 0 bridgehead atoms. The number of rotatable bonds is 5. The van der Waals surface area contributed by atoms with Crippen LogP contribution in [0.3, 0.4) is 0 Å². The van der Waals surface area contributed by atoms with Crippen molar-refractivity contribution in [1.82, 2.24) is 0 Å². The van der Waals surface area contributed by atoms with E-state index in [0.717, 1.165) is 17.5 Å². The quantitative estimate of drug-likeness (QED) is 0.745. The van der Waals surface area contributed by atoms with Crippen LogP contribution in [0.5, 0.6) is 0 Å². The predicted molar refractivity (Wildman–Crippen MR) is 90.9 cm³/mol. The third-order valence-electron chi connectivity index (χ3n) is 4.27. The fourth-order valence-corrected chi connectivity index (χ4v) is 3.07. The van der Waals surface area contributed by atoms with Crippen molar-refractivity contribution < 1.29 is 5.11 Å². The van der Waals surface area contributed by atoms with Crippen LogP contribution < -0.4 is 0 Å². The Balaban J connectivity index is 2.13. The molecule has 0 heterocycles. The maximum absolute atomic E-state index is 10.3. The predicted octanol–water partition coefficient (Wildman–Crippen LogP) is 4.21. The van der Waals surface area contributed by atoms with Crippen LogP contribution in [0.15, 0.2) is 91.0 Å². The Morgan fingerprint density at radius 3 is 1.41 bits per heavy atom. The van der Waals surface area contributed by atoms with Gasteiger partial charge in [-0.3, -0.25) is 0 Å². The molecular formula is C21H20O. The van der Waals surface area contributed by atoms with Crippen molar-refractivity contribution in [2.24, 2.45) is 0 Å². The van der Waals surface area contributed by atoms with Crippen molar-refractivity contribution in [3.8, 4) is 0 Å². The van der Waals surface area contributed by atoms with Crippen LogP contribution in [-0.4, -0.2) is 11.7 Å². The summed E-state index contributed by atoms with van der Waals surface area (Å²) in [5.74, 6) is 0. The van der Waals surface area contributed by atoms with Crippen LogP contribution in [0.4, 0.5) is 0 Å². The summed E-state index contributed by atoms with van der Waals surface area (Å²) in [4.78, 5) is 0. The van der Waals surface area contributed by atoms with Gasteiger partial charge in [-0.25, -0.2) is 0 Å². The first kappa shape index (κ1) is 14.6. The molecular weight excluding hydrogens is 268 g/mol. The Morgan fingerprint density at radius 1 is 0.591 bits per heavy atom. The van der Waals surface area contributed by atoms with Gasteiger partial charge in [0.1, 0.15) is 0 Å². The standard InChI is InChI=1S/C21H20O/c22-17-21(19-12-6-2-7-13-19,20-14-8-3-9-15-20)16-18-10-4-1-5-11-18/h1-15,22H,16-17H2. The highest BCUT2D eigenvalue weighted by Gasteiger charge is 2.33. The van der Waals surface area contributed by atoms with Crippen LogP contribution in [0.2, 0.25) is 0 Å². The smallest absolute Gasteiger partial charge is 0.0571 e. The van der Waals surface area contributed by atoms with Crippen LogP contribution in [0.1, 0.15) is 16.7 Å². The van der Waals surface area contributed by atoms with Gasteiger partial charge < -0.3 is 5.11 Å². The lowest BCUT2D eigenvalue weighted by Crippen LogP contribution is -2.34. The van der Waals surface area contributed by atoms with Crippen molar-refractivity contribution in [3.05, 3.63) is 108 Å². The Kier molecular flexibility index (Phi) is 4.36. The SMILES string of the molecule is OCC(Cc1ccccc1)(c1ccccc1)c1ccccc1. The molecule has 0 saturated heterocycles. The second-order valence-corrected chi connectivity index (χ2v) is 5.63. The Bertz CT molecular complexity index is 650. The summed E-state index contributed by atoms with van der Waals surface area (Å²) in [7, 11) is 0. The van der Waals surface area contributed by atoms with Crippen LogP contribution >= 0.6 is 0 Å². The maximum atomic E-state index is 10.3. The zero-order chi connectivity index (χ0) is 15.3. The van der Waals surface area contributed by atoms with Gasteiger partial charge in [-0.2, -0.15) is 0 Å². The summed E-state index contributed by atoms with van der Waals surface area (Å²) in [5, 5.41) is 10.3. The molecule has 3 aromatic carbocycles. The molecule has 1 nitrogen and oxygen atoms in total. The number of aliphatic hydroxyl groups is 1. The summed E-state index contributed by atoms with van der Waals surface area (Å²) in [5.41, 5.74) is 3.11. The third-order valence-corrected chi connectivity index (χ3v) is 4.27. The molecule has 110 valence electrons. The summed E-state index contributed by atoms with van der Waals surface area (Å²) in [6.07, 6.45) is 0.776. The molecule has 1 N–H and O–H groups in total. The molecule has 3 aromatic rings. The van der Waals surface area contributed by atoms with E-state index >= 15 is 0 Å². The second-order valence-electron chi connectivity index (χ2n) is 5.63. The summed E-state index contributed by atoms with van der Waals surface area (Å²) in [6.45, 7) is 0.0793. The van der Waals surface area contributed by atoms with Gasteiger partial charge in [-0.1, -0.05) is 91.0 Å². The van der Waals surface area contributed by atoms with E-state index in [1.807, 2.05) is 54.6 Å². The van der Waals surface area contributed by atoms with Gasteiger partial charge >= 0.3 is 0 Å². The number of hydrogen-bond acceptors (Lipinski definition) is 1. The zero-order valence-electron chi connectivity index (χ0n) is 12.5. The second kappa shape index (κ2) is 6.59. The van der Waals surface area contributed by atoms with E-state index in [0.29, 0.717) is 0 Å². The van der Waals surface area contributed by atoms with Crippen LogP contribution in [0.25, 0.3) is 0 Å². The first-order valence-corrected chi connectivity index (χ1v) is 7.61. The van der Waals surface area contributed by atoms with Gasteiger partial charge in [0.2, 0.25) is 0 Å². The van der Waals surface area contributed by atoms with Crippen molar-refractivity contribution in [2.45, 2.75) is 11.8 Å². The van der Waals surface area contributed by atoms with Crippen LogP contribution in [0, 0.1) is 0 Å². The van der Waals surface area contributed by atoms with Gasteiger partial charge in [0.25, 0.3) is 0 Å². The molecule has 0 atom stereocenters. The molecule has 0 aliphatic rings. The molecule has 0 radical (unpaired) electrons. The topological polar surface area (TPSA) is 20.2 Å². The summed E-state index contributed by atoms with van der Waals surface area (Å²) >= 11 is 0. The fraction of sp³-hybridized carbons (Fsp3) is 0.143. The number of aliphatic hydroxyl groups excluding tert-OH is 1. The number of hydrogen-bond donors (Lipinski definition) is 1. The first-order chi connectivity index (χ1) is 10.8. The lowest BCUT2D eigenvalue weighted by molar-refractivity contribution is 0.218. The first-order valence-electron chi connectivity index (χ1n) is 7.61. The normalized spacial score (nSPS) is 11.3. The summed E-state index contributed by atoms with van der Waals surface area (Å²) < 4.78 is 0. The average molecular weight is 288 g/mol. The molecule has 0 aromatic heterocycles. The van der Waals surface area contributed by atoms with E-state index in [4.69, 9.17) is 0 Å². The molecule has 0 unspecified atom stereocenters. The van der Waals surface area contributed by atoms with Crippen molar-refractivity contribution in [1.29, 1.82) is 0 Å². The highest BCUT2D eigenvalue weighted by atomic mass is 16.3. The Labute approximate surface area is 131 Å². The molecule has 22 heavy (non-hydrogen) atoms. The molecule has 0 aliphatic heterocycles. The van der Waals surface area contributed by atoms with Crippen molar-refractivity contribution in [3.63, 3.8) is 0 Å². The molecule has 0 fully saturated rings. The molecule has 0 spiro atoms. The Morgan fingerprint density at radius 2 is 1.00 bits per heavy atom. The van der Waals surface area contributed by atoms with E-state index in [9.17, 15) is 5.11 Å². The van der Waals surface area contributed by atoms with Gasteiger partial charge in [-0.15, -0.1) is 0 Å². The largest absolute Gasteiger partial charge is 0.395 e. The van der Waals surface area contributed by atoms with E-state index in [-0.39, 0.29) is 6.61 Å². The highest BCUT2D eigenvalue weighted by Crippen LogP contribution is 2.35. The van der Waals surface area contributed by atoms with Gasteiger partial charge in [0.15, 0.2) is 0 Å². The Hall–Kier alpha value is -2.38. The molecule has 0 amide bonds. The third kappa shape index (κ3) is 2.81. The zero-order valence-corrected chi connectivity index (χ0v) is 12.5. The minimum Gasteiger partial charge on any atom is -0.395 e. The van der Waals surface area contributed by atoms with Gasteiger partial charge in [0.05, 0.1) is 6.61 Å². The van der Waals surface area contributed by atoms with Crippen LogP contribution in [-0.2, 0) is 11.8 Å². The monoisotopic (exact) mass is 288 g/mol. The minimum atomic E-state index is -0.413. The van der Waals surface area contributed by atoms with Crippen molar-refractivity contribution in [2.75, 3.05) is 6.61 Å². The summed E-state index contributed by atoms with van der Waals surface area (Å²) in [6, 6.07) is 30.9. The maximum Gasteiger partial charge on any atom is 0.0571 e. The fourth-order valence-electron chi connectivity index (χ4n) is 3.07. The lowest BCUT2D eigenvalue weighted by atomic mass is 9.71. The molecule has 1 heteroatoms. The van der Waals surface area contributed by atoms with Gasteiger partial charge in [0, 0.05) is 5.41 Å². The average Bonchev–Trinajstić information content (AvgIpc) is 2.62. The van der Waals surface area contributed by atoms with Gasteiger partial charge in [-0.05, 0) is 23.1 Å². The molecule has 3 rings (SSSR count).